The van der Waals surface area contributed by atoms with E-state index in [1.807, 2.05) is 4.90 Å². The molecule has 0 N–H and O–H groups in total. The molecular formula is C21H25F2N3O2. The zero-order chi connectivity index (χ0) is 19.7. The summed E-state index contributed by atoms with van der Waals surface area (Å²) in [7, 11) is 0. The lowest BCUT2D eigenvalue weighted by atomic mass is 9.95. The van der Waals surface area contributed by atoms with E-state index in [1.54, 1.807) is 6.92 Å². The molecule has 28 heavy (non-hydrogen) atoms. The Morgan fingerprint density at radius 3 is 2.61 bits per heavy atom. The van der Waals surface area contributed by atoms with E-state index in [1.165, 1.54) is 0 Å². The van der Waals surface area contributed by atoms with Gasteiger partial charge in [-0.05, 0) is 63.9 Å². The number of carbonyl (C=O) groups excluding carboxylic acids is 1. The van der Waals surface area contributed by atoms with Crippen molar-refractivity contribution in [2.24, 2.45) is 5.92 Å². The van der Waals surface area contributed by atoms with Crippen molar-refractivity contribution < 1.29 is 18.0 Å². The molecule has 2 fully saturated rings. The molecule has 150 valence electrons. The van der Waals surface area contributed by atoms with Crippen LogP contribution in [0.5, 0.6) is 0 Å². The lowest BCUT2D eigenvalue weighted by molar-refractivity contribution is -0.136. The molecule has 0 aliphatic carbocycles. The number of nitrogens with zero attached hydrogens (tertiary/aromatic N) is 3. The van der Waals surface area contributed by atoms with E-state index in [4.69, 9.17) is 4.42 Å². The molecule has 4 rings (SSSR count). The van der Waals surface area contributed by atoms with Gasteiger partial charge in [0.05, 0.1) is 11.3 Å². The average Bonchev–Trinajstić information content (AvgIpc) is 3.34. The van der Waals surface area contributed by atoms with Gasteiger partial charge >= 0.3 is 0 Å². The monoisotopic (exact) mass is 389 g/mol. The Morgan fingerprint density at radius 2 is 1.89 bits per heavy atom. The van der Waals surface area contributed by atoms with Gasteiger partial charge in [-0.25, -0.2) is 13.8 Å². The van der Waals surface area contributed by atoms with Gasteiger partial charge in [0.15, 0.2) is 0 Å². The molecule has 0 spiro atoms. The maximum Gasteiger partial charge on any atom is 0.229 e. The van der Waals surface area contributed by atoms with Crippen molar-refractivity contribution in [2.45, 2.75) is 39.2 Å². The van der Waals surface area contributed by atoms with Crippen LogP contribution < -0.4 is 0 Å². The highest BCUT2D eigenvalue weighted by Gasteiger charge is 2.30. The van der Waals surface area contributed by atoms with Gasteiger partial charge in [-0.3, -0.25) is 9.69 Å². The fourth-order valence-electron chi connectivity index (χ4n) is 4.10. The summed E-state index contributed by atoms with van der Waals surface area (Å²) < 4.78 is 33.0. The molecule has 2 saturated heterocycles. The minimum atomic E-state index is -0.560. The predicted molar refractivity (Wildman–Crippen MR) is 100 cm³/mol. The maximum absolute atomic E-state index is 14.0. The van der Waals surface area contributed by atoms with Crippen molar-refractivity contribution in [1.29, 1.82) is 0 Å². The number of halogens is 2. The number of amides is 1. The molecule has 2 aliphatic rings. The average molecular weight is 389 g/mol. The molecule has 3 heterocycles. The molecule has 2 aliphatic heterocycles. The first-order valence-corrected chi connectivity index (χ1v) is 9.94. The minimum Gasteiger partial charge on any atom is -0.441 e. The van der Waals surface area contributed by atoms with Crippen molar-refractivity contribution in [3.05, 3.63) is 41.3 Å². The fraction of sp³-hybridized carbons (Fsp3) is 0.524. The third-order valence-electron chi connectivity index (χ3n) is 5.78. The van der Waals surface area contributed by atoms with E-state index in [2.05, 4.69) is 9.88 Å². The standard InChI is InChI=1S/C21H25F2N3O2/c1-14-19(24-20(28-14)17-12-16(22)4-5-18(17)23)13-25-10-6-15(7-11-25)21(27)26-8-2-3-9-26/h4-5,12,15H,2-3,6-11,13H2,1H3. The van der Waals surface area contributed by atoms with Gasteiger partial charge < -0.3 is 9.32 Å². The van der Waals surface area contributed by atoms with Crippen LogP contribution in [-0.2, 0) is 11.3 Å². The first-order valence-electron chi connectivity index (χ1n) is 9.94. The summed E-state index contributed by atoms with van der Waals surface area (Å²) in [6, 6.07) is 3.25. The van der Waals surface area contributed by atoms with Crippen LogP contribution in [0.4, 0.5) is 8.78 Å². The van der Waals surface area contributed by atoms with E-state index in [-0.39, 0.29) is 17.4 Å². The Morgan fingerprint density at radius 1 is 1.18 bits per heavy atom. The third-order valence-corrected chi connectivity index (χ3v) is 5.78. The number of aromatic nitrogens is 1. The van der Waals surface area contributed by atoms with Crippen LogP contribution in [0.1, 0.15) is 37.1 Å². The number of hydrogen-bond acceptors (Lipinski definition) is 4. The van der Waals surface area contributed by atoms with Gasteiger partial charge in [0.1, 0.15) is 17.4 Å². The number of oxazole rings is 1. The van der Waals surface area contributed by atoms with E-state index >= 15 is 0 Å². The second-order valence-corrected chi connectivity index (χ2v) is 7.73. The van der Waals surface area contributed by atoms with Gasteiger partial charge in [0.2, 0.25) is 11.8 Å². The lowest BCUT2D eigenvalue weighted by Gasteiger charge is -2.32. The smallest absolute Gasteiger partial charge is 0.229 e. The summed E-state index contributed by atoms with van der Waals surface area (Å²) in [6.45, 7) is 5.80. The molecule has 1 aromatic carbocycles. The van der Waals surface area contributed by atoms with Crippen LogP contribution in [0.15, 0.2) is 22.6 Å². The number of carbonyl (C=O) groups is 1. The largest absolute Gasteiger partial charge is 0.441 e. The number of piperidine rings is 1. The molecule has 0 unspecified atom stereocenters. The Labute approximate surface area is 163 Å². The van der Waals surface area contributed by atoms with E-state index in [9.17, 15) is 13.6 Å². The molecule has 0 saturated carbocycles. The summed E-state index contributed by atoms with van der Waals surface area (Å²) in [5.41, 5.74) is 0.757. The summed E-state index contributed by atoms with van der Waals surface area (Å²) in [4.78, 5) is 21.2. The highest BCUT2D eigenvalue weighted by Crippen LogP contribution is 2.27. The van der Waals surface area contributed by atoms with Crippen molar-refractivity contribution in [3.8, 4) is 11.5 Å². The predicted octanol–water partition coefficient (Wildman–Crippen LogP) is 3.76. The van der Waals surface area contributed by atoms with Gasteiger partial charge in [-0.15, -0.1) is 0 Å². The number of benzene rings is 1. The highest BCUT2D eigenvalue weighted by atomic mass is 19.1. The fourth-order valence-corrected chi connectivity index (χ4v) is 4.10. The van der Waals surface area contributed by atoms with Crippen LogP contribution in [0, 0.1) is 24.5 Å². The normalized spacial score (nSPS) is 18.8. The lowest BCUT2D eigenvalue weighted by Crippen LogP contribution is -2.41. The Balaban J connectivity index is 1.38. The zero-order valence-electron chi connectivity index (χ0n) is 16.1. The first-order chi connectivity index (χ1) is 13.5. The van der Waals surface area contributed by atoms with Gasteiger partial charge in [-0.2, -0.15) is 0 Å². The zero-order valence-corrected chi connectivity index (χ0v) is 16.1. The molecular weight excluding hydrogens is 364 g/mol. The van der Waals surface area contributed by atoms with Crippen molar-refractivity contribution >= 4 is 5.91 Å². The minimum absolute atomic E-state index is 0.0317. The van der Waals surface area contributed by atoms with Gasteiger partial charge in [0.25, 0.3) is 0 Å². The van der Waals surface area contributed by atoms with E-state index < -0.39 is 11.6 Å². The van der Waals surface area contributed by atoms with E-state index in [0.29, 0.717) is 18.2 Å². The van der Waals surface area contributed by atoms with Gasteiger partial charge in [0, 0.05) is 25.6 Å². The molecule has 2 aromatic rings. The quantitative estimate of drug-likeness (QED) is 0.799. The van der Waals surface area contributed by atoms with Crippen LogP contribution in [0.25, 0.3) is 11.5 Å². The molecule has 1 aromatic heterocycles. The Kier molecular flexibility index (Phi) is 5.44. The number of likely N-dealkylation sites (tertiary alicyclic amines) is 2. The summed E-state index contributed by atoms with van der Waals surface area (Å²) >= 11 is 0. The summed E-state index contributed by atoms with van der Waals surface area (Å²) in [5.74, 6) is 0.0369. The van der Waals surface area contributed by atoms with Crippen LogP contribution in [0.2, 0.25) is 0 Å². The molecule has 0 atom stereocenters. The van der Waals surface area contributed by atoms with Gasteiger partial charge in [-0.1, -0.05) is 0 Å². The first kappa shape index (κ1) is 19.1. The third kappa shape index (κ3) is 3.94. The topological polar surface area (TPSA) is 49.6 Å². The number of aryl methyl sites for hydroxylation is 1. The maximum atomic E-state index is 14.0. The molecule has 0 radical (unpaired) electrons. The van der Waals surface area contributed by atoms with Crippen molar-refractivity contribution in [1.82, 2.24) is 14.8 Å². The molecule has 7 heteroatoms. The summed E-state index contributed by atoms with van der Waals surface area (Å²) in [6.07, 6.45) is 3.92. The second kappa shape index (κ2) is 7.99. The van der Waals surface area contributed by atoms with Crippen LogP contribution in [0.3, 0.4) is 0 Å². The summed E-state index contributed by atoms with van der Waals surface area (Å²) in [5, 5.41) is 0. The molecule has 0 bridgehead atoms. The second-order valence-electron chi connectivity index (χ2n) is 7.73. The highest BCUT2D eigenvalue weighted by molar-refractivity contribution is 5.79. The van der Waals surface area contributed by atoms with Crippen molar-refractivity contribution in [3.63, 3.8) is 0 Å². The Bertz CT molecular complexity index is 853. The Hall–Kier alpha value is -2.28. The number of hydrogen-bond donors (Lipinski definition) is 0. The number of rotatable bonds is 4. The van der Waals surface area contributed by atoms with Crippen LogP contribution >= 0.6 is 0 Å². The molecule has 5 nitrogen and oxygen atoms in total. The SMILES string of the molecule is Cc1oc(-c2cc(F)ccc2F)nc1CN1CCC(C(=O)N2CCCC2)CC1. The van der Waals surface area contributed by atoms with Crippen LogP contribution in [-0.4, -0.2) is 46.9 Å². The van der Waals surface area contributed by atoms with Crippen molar-refractivity contribution in [2.75, 3.05) is 26.2 Å². The molecule has 1 amide bonds. The van der Waals surface area contributed by atoms with E-state index in [0.717, 1.165) is 75.8 Å².